The summed E-state index contributed by atoms with van der Waals surface area (Å²) in [5.41, 5.74) is 19.9. The molecule has 2 heteroatoms. The fourth-order valence-corrected chi connectivity index (χ4v) is 9.05. The molecule has 0 aliphatic heterocycles. The van der Waals surface area contributed by atoms with Gasteiger partial charge in [-0.25, -0.2) is 0 Å². The van der Waals surface area contributed by atoms with Gasteiger partial charge in [-0.05, 0) is 136 Å². The van der Waals surface area contributed by atoms with Gasteiger partial charge in [-0.15, -0.1) is 0 Å². The number of rotatable bonds is 6. The number of hydrogen-bond acceptors (Lipinski definition) is 1. The first-order chi connectivity index (χ1) is 26.9. The highest BCUT2D eigenvalue weighted by Crippen LogP contribution is 2.51. The Bertz CT molecular complexity index is 2910. The monoisotopic (exact) mass is 706 g/mol. The van der Waals surface area contributed by atoms with Crippen molar-refractivity contribution < 1.29 is 0 Å². The van der Waals surface area contributed by atoms with E-state index in [9.17, 15) is 0 Å². The van der Waals surface area contributed by atoms with E-state index in [4.69, 9.17) is 0 Å². The van der Waals surface area contributed by atoms with Crippen molar-refractivity contribution in [1.29, 1.82) is 0 Å². The molecular formula is C53H42N2. The van der Waals surface area contributed by atoms with Gasteiger partial charge in [0.25, 0.3) is 0 Å². The lowest BCUT2D eigenvalue weighted by atomic mass is 9.82. The van der Waals surface area contributed by atoms with Gasteiger partial charge in [0.2, 0.25) is 0 Å². The summed E-state index contributed by atoms with van der Waals surface area (Å²) in [4.78, 5) is 2.43. The van der Waals surface area contributed by atoms with Crippen LogP contribution in [0.25, 0.3) is 60.9 Å². The molecular weight excluding hydrogens is 665 g/mol. The maximum Gasteiger partial charge on any atom is 0.0541 e. The van der Waals surface area contributed by atoms with Crippen molar-refractivity contribution in [2.75, 3.05) is 4.90 Å². The number of aryl methyl sites for hydroxylation is 2. The second kappa shape index (κ2) is 12.7. The second-order valence-electron chi connectivity index (χ2n) is 15.5. The summed E-state index contributed by atoms with van der Waals surface area (Å²) in [7, 11) is 0. The van der Waals surface area contributed by atoms with E-state index in [-0.39, 0.29) is 5.41 Å². The average Bonchev–Trinajstić information content (AvgIpc) is 3.67. The number of para-hydroxylation sites is 2. The van der Waals surface area contributed by atoms with Gasteiger partial charge < -0.3 is 9.47 Å². The first-order valence-electron chi connectivity index (χ1n) is 19.3. The van der Waals surface area contributed by atoms with Crippen molar-refractivity contribution >= 4 is 38.9 Å². The van der Waals surface area contributed by atoms with Crippen molar-refractivity contribution in [3.8, 4) is 39.1 Å². The van der Waals surface area contributed by atoms with Crippen molar-refractivity contribution in [3.05, 3.63) is 204 Å². The SMILES string of the molecule is Cc1ccccc1-c1ccc(N(c2ccc(-c3ccc4c(c3)c3ccccc3n4-c3ccccc3)cc2)c2ccc3c(c2)C(C)(C)c2ccccc2-3)cc1C. The molecule has 0 unspecified atom stereocenters. The van der Waals surface area contributed by atoms with Crippen LogP contribution >= 0.6 is 0 Å². The van der Waals surface area contributed by atoms with Crippen LogP contribution in [0.1, 0.15) is 36.1 Å². The molecule has 0 fully saturated rings. The van der Waals surface area contributed by atoms with Gasteiger partial charge in [0, 0.05) is 38.9 Å². The lowest BCUT2D eigenvalue weighted by molar-refractivity contribution is 0.660. The third-order valence-corrected chi connectivity index (χ3v) is 11.9. The minimum Gasteiger partial charge on any atom is -0.310 e. The van der Waals surface area contributed by atoms with Gasteiger partial charge in [-0.2, -0.15) is 0 Å². The van der Waals surface area contributed by atoms with Crippen LogP contribution in [0.5, 0.6) is 0 Å². The normalized spacial score (nSPS) is 12.9. The van der Waals surface area contributed by atoms with Crippen LogP contribution in [0, 0.1) is 13.8 Å². The van der Waals surface area contributed by atoms with E-state index in [1.54, 1.807) is 0 Å². The van der Waals surface area contributed by atoms with Crippen LogP contribution in [-0.4, -0.2) is 4.57 Å². The Morgan fingerprint density at radius 1 is 0.400 bits per heavy atom. The summed E-state index contributed by atoms with van der Waals surface area (Å²) in [6.45, 7) is 9.14. The van der Waals surface area contributed by atoms with Gasteiger partial charge in [0.15, 0.2) is 0 Å². The molecule has 0 amide bonds. The van der Waals surface area contributed by atoms with Crippen LogP contribution in [-0.2, 0) is 5.41 Å². The van der Waals surface area contributed by atoms with E-state index in [2.05, 4.69) is 219 Å². The molecule has 1 aliphatic rings. The number of fused-ring (bicyclic) bond motifs is 6. The number of benzene rings is 8. The fraction of sp³-hybridized carbons (Fsp3) is 0.0943. The van der Waals surface area contributed by atoms with Gasteiger partial charge in [0.05, 0.1) is 11.0 Å². The smallest absolute Gasteiger partial charge is 0.0541 e. The van der Waals surface area contributed by atoms with E-state index in [0.29, 0.717) is 0 Å². The summed E-state index contributed by atoms with van der Waals surface area (Å²) in [6.07, 6.45) is 0. The summed E-state index contributed by atoms with van der Waals surface area (Å²) in [5, 5.41) is 2.52. The first-order valence-corrected chi connectivity index (χ1v) is 19.3. The highest BCUT2D eigenvalue weighted by Gasteiger charge is 2.35. The van der Waals surface area contributed by atoms with E-state index in [1.165, 1.54) is 83.1 Å². The van der Waals surface area contributed by atoms with Crippen molar-refractivity contribution in [3.63, 3.8) is 0 Å². The van der Waals surface area contributed by atoms with Gasteiger partial charge >= 0.3 is 0 Å². The van der Waals surface area contributed by atoms with Crippen LogP contribution < -0.4 is 4.90 Å². The Balaban J connectivity index is 1.09. The molecule has 1 heterocycles. The summed E-state index contributed by atoms with van der Waals surface area (Å²) in [6, 6.07) is 66.9. The zero-order chi connectivity index (χ0) is 37.3. The summed E-state index contributed by atoms with van der Waals surface area (Å²) < 4.78 is 2.37. The van der Waals surface area contributed by atoms with Crippen LogP contribution in [0.2, 0.25) is 0 Å². The quantitative estimate of drug-likeness (QED) is 0.167. The van der Waals surface area contributed by atoms with E-state index in [0.717, 1.165) is 17.1 Å². The predicted molar refractivity (Wildman–Crippen MR) is 233 cm³/mol. The van der Waals surface area contributed by atoms with Gasteiger partial charge in [-0.1, -0.05) is 129 Å². The molecule has 0 N–H and O–H groups in total. The Kier molecular flexibility index (Phi) is 7.64. The topological polar surface area (TPSA) is 8.17 Å². The zero-order valence-electron chi connectivity index (χ0n) is 31.7. The Morgan fingerprint density at radius 2 is 0.982 bits per heavy atom. The molecule has 0 atom stereocenters. The number of anilines is 3. The Labute approximate surface area is 323 Å². The minimum absolute atomic E-state index is 0.0929. The minimum atomic E-state index is -0.0929. The maximum atomic E-state index is 2.43. The molecule has 0 radical (unpaired) electrons. The molecule has 9 aromatic rings. The molecule has 0 spiro atoms. The lowest BCUT2D eigenvalue weighted by Crippen LogP contribution is -2.16. The zero-order valence-corrected chi connectivity index (χ0v) is 31.7. The molecule has 1 aliphatic carbocycles. The summed E-state index contributed by atoms with van der Waals surface area (Å²) >= 11 is 0. The van der Waals surface area contributed by atoms with E-state index >= 15 is 0 Å². The Hall–Kier alpha value is -6.64. The number of hydrogen-bond donors (Lipinski definition) is 0. The van der Waals surface area contributed by atoms with Crippen LogP contribution in [0.3, 0.4) is 0 Å². The average molecular weight is 707 g/mol. The molecule has 10 rings (SSSR count). The number of nitrogens with zero attached hydrogens (tertiary/aromatic N) is 2. The molecule has 264 valence electrons. The summed E-state index contributed by atoms with van der Waals surface area (Å²) in [5.74, 6) is 0. The second-order valence-corrected chi connectivity index (χ2v) is 15.5. The van der Waals surface area contributed by atoms with Crippen LogP contribution in [0.15, 0.2) is 182 Å². The highest BCUT2D eigenvalue weighted by atomic mass is 15.1. The van der Waals surface area contributed by atoms with Gasteiger partial charge in [-0.3, -0.25) is 0 Å². The lowest BCUT2D eigenvalue weighted by Gasteiger charge is -2.29. The highest BCUT2D eigenvalue weighted by molar-refractivity contribution is 6.10. The maximum absolute atomic E-state index is 2.43. The molecule has 2 nitrogen and oxygen atoms in total. The first kappa shape index (κ1) is 33.0. The third-order valence-electron chi connectivity index (χ3n) is 11.9. The molecule has 55 heavy (non-hydrogen) atoms. The standard InChI is InChI=1S/C53H42N2/c1-35-14-8-9-17-43(35)44-29-27-41(32-36(44)2)54(42-28-30-46-45-18-10-12-20-49(45)53(3,4)50(46)34-42)40-25-22-37(23-26-40)38-24-31-52-48(33-38)47-19-11-13-21-51(47)55(52)39-15-6-5-7-16-39/h5-34H,1-4H3. The van der Waals surface area contributed by atoms with E-state index in [1.807, 2.05) is 0 Å². The molecule has 0 bridgehead atoms. The van der Waals surface area contributed by atoms with Crippen LogP contribution in [0.4, 0.5) is 17.1 Å². The number of aromatic nitrogens is 1. The van der Waals surface area contributed by atoms with Crippen molar-refractivity contribution in [2.24, 2.45) is 0 Å². The van der Waals surface area contributed by atoms with Crippen molar-refractivity contribution in [1.82, 2.24) is 4.57 Å². The third kappa shape index (κ3) is 5.32. The predicted octanol–water partition coefficient (Wildman–Crippen LogP) is 14.5. The molecule has 0 saturated heterocycles. The molecule has 0 saturated carbocycles. The molecule has 8 aromatic carbocycles. The van der Waals surface area contributed by atoms with Crippen molar-refractivity contribution in [2.45, 2.75) is 33.1 Å². The molecule has 1 aromatic heterocycles. The van der Waals surface area contributed by atoms with E-state index < -0.39 is 0 Å². The van der Waals surface area contributed by atoms with Gasteiger partial charge in [0.1, 0.15) is 0 Å². The Morgan fingerprint density at radius 3 is 1.76 bits per heavy atom. The largest absolute Gasteiger partial charge is 0.310 e. The fourth-order valence-electron chi connectivity index (χ4n) is 9.05.